The molecule has 0 aliphatic carbocycles. The first kappa shape index (κ1) is 9.42. The highest BCUT2D eigenvalue weighted by molar-refractivity contribution is 6.10. The van der Waals surface area contributed by atoms with Gasteiger partial charge in [-0.1, -0.05) is 18.2 Å². The molecule has 1 aliphatic rings. The maximum Gasteiger partial charge on any atom is 0.182 e. The minimum Gasteiger partial charge on any atom is -0.360 e. The number of Topliss-reactive ketones (excluding diaryl/α,β-unsaturated/α-hetero) is 1. The number of nitrogens with zero attached hydrogens (tertiary/aromatic N) is 1. The van der Waals surface area contributed by atoms with E-state index in [-0.39, 0.29) is 18.8 Å². The van der Waals surface area contributed by atoms with Crippen LogP contribution in [0.25, 0.3) is 10.9 Å². The van der Waals surface area contributed by atoms with E-state index in [9.17, 15) is 4.79 Å². The highest BCUT2D eigenvalue weighted by Gasteiger charge is 2.29. The molecule has 1 saturated heterocycles. The van der Waals surface area contributed by atoms with Crippen molar-refractivity contribution in [3.8, 4) is 0 Å². The number of ketones is 1. The largest absolute Gasteiger partial charge is 0.360 e. The summed E-state index contributed by atoms with van der Waals surface area (Å²) in [7, 11) is 0.207. The number of nitrogens with one attached hydrogen (secondary N) is 1. The highest BCUT2D eigenvalue weighted by atomic mass is 16.1. The first-order valence-corrected chi connectivity index (χ1v) is 5.95. The van der Waals surface area contributed by atoms with E-state index in [1.54, 1.807) is 6.20 Å². The van der Waals surface area contributed by atoms with Crippen molar-refractivity contribution in [2.75, 3.05) is 13.6 Å². The van der Waals surface area contributed by atoms with Gasteiger partial charge in [-0.05, 0) is 32.5 Å². The Morgan fingerprint density at radius 1 is 1.53 bits per heavy atom. The van der Waals surface area contributed by atoms with Gasteiger partial charge >= 0.3 is 0 Å². The average Bonchev–Trinajstić information content (AvgIpc) is 3.04. The van der Waals surface area contributed by atoms with Crippen molar-refractivity contribution in [2.24, 2.45) is 0 Å². The molecule has 3 heteroatoms. The number of carbonyl (C=O) groups excluding carboxylic acids is 1. The molecule has 1 aliphatic heterocycles. The lowest BCUT2D eigenvalue weighted by Gasteiger charge is -2.17. The summed E-state index contributed by atoms with van der Waals surface area (Å²) in [4.78, 5) is 17.6. The third-order valence-electron chi connectivity index (χ3n) is 3.52. The van der Waals surface area contributed by atoms with Crippen LogP contribution in [0, 0.1) is 0 Å². The van der Waals surface area contributed by atoms with Crippen LogP contribution in [-0.4, -0.2) is 35.3 Å². The van der Waals surface area contributed by atoms with E-state index in [0.717, 1.165) is 35.9 Å². The van der Waals surface area contributed by atoms with E-state index in [2.05, 4.69) is 4.98 Å². The Morgan fingerprint density at radius 3 is 3.29 bits per heavy atom. The summed E-state index contributed by atoms with van der Waals surface area (Å²) in [5, 5.41) is 0.985. The van der Waals surface area contributed by atoms with Gasteiger partial charge in [-0.3, -0.25) is 9.69 Å². The van der Waals surface area contributed by atoms with Gasteiger partial charge in [0.05, 0.1) is 6.04 Å². The van der Waals surface area contributed by atoms with Crippen LogP contribution in [0.1, 0.15) is 24.6 Å². The Hall–Kier alpha value is -1.61. The molecule has 88 valence electrons. The number of hydrogen-bond acceptors (Lipinski definition) is 2. The first-order valence-electron chi connectivity index (χ1n) is 6.65. The van der Waals surface area contributed by atoms with Gasteiger partial charge in [0, 0.05) is 24.0 Å². The van der Waals surface area contributed by atoms with Crippen molar-refractivity contribution < 1.29 is 6.17 Å². The monoisotopic (exact) mass is 229 g/mol. The second-order valence-corrected chi connectivity index (χ2v) is 4.58. The summed E-state index contributed by atoms with van der Waals surface area (Å²) < 4.78 is 7.48. The second-order valence-electron chi connectivity index (χ2n) is 4.58. The molecule has 1 aromatic carbocycles. The zero-order chi connectivity index (χ0) is 12.5. The van der Waals surface area contributed by atoms with Crippen molar-refractivity contribution in [3.63, 3.8) is 0 Å². The van der Waals surface area contributed by atoms with Crippen molar-refractivity contribution in [2.45, 2.75) is 18.9 Å². The number of fused-ring (bicyclic) bond motifs is 1. The van der Waals surface area contributed by atoms with Gasteiger partial charge in [0.2, 0.25) is 0 Å². The number of rotatable bonds is 2. The Kier molecular flexibility index (Phi) is 2.22. The average molecular weight is 229 g/mol. The third kappa shape index (κ3) is 1.67. The molecule has 0 bridgehead atoms. The standard InChI is InChI=1S/C14H16N2O/c1-16-8-4-7-13(16)14(17)11-9-15-12-6-3-2-5-10(11)12/h2-3,5-6,9,13,15H,4,7-8H2,1H3/t13-/m0/s1/i1D. The number of benzene rings is 1. The fourth-order valence-electron chi connectivity index (χ4n) is 2.58. The lowest BCUT2D eigenvalue weighted by atomic mass is 10.0. The van der Waals surface area contributed by atoms with Crippen LogP contribution in [0.4, 0.5) is 0 Å². The van der Waals surface area contributed by atoms with E-state index in [4.69, 9.17) is 1.37 Å². The van der Waals surface area contributed by atoms with Crippen LogP contribution >= 0.6 is 0 Å². The smallest absolute Gasteiger partial charge is 0.182 e. The van der Waals surface area contributed by atoms with Gasteiger partial charge in [0.25, 0.3) is 0 Å². The van der Waals surface area contributed by atoms with E-state index in [1.165, 1.54) is 0 Å². The highest BCUT2D eigenvalue weighted by Crippen LogP contribution is 2.24. The molecule has 1 atom stereocenters. The topological polar surface area (TPSA) is 36.1 Å². The number of aromatic nitrogens is 1. The van der Waals surface area contributed by atoms with Gasteiger partial charge in [0.1, 0.15) is 0 Å². The van der Waals surface area contributed by atoms with Crippen LogP contribution in [0.2, 0.25) is 0 Å². The number of likely N-dealkylation sites (N-methyl/N-ethyl adjacent to an activating group) is 1. The molecule has 0 spiro atoms. The van der Waals surface area contributed by atoms with E-state index in [0.29, 0.717) is 0 Å². The second kappa shape index (κ2) is 4.00. The van der Waals surface area contributed by atoms with Crippen LogP contribution in [0.15, 0.2) is 30.5 Å². The predicted octanol–water partition coefficient (Wildman–Crippen LogP) is 2.44. The van der Waals surface area contributed by atoms with Crippen molar-refractivity contribution in [1.82, 2.24) is 9.88 Å². The van der Waals surface area contributed by atoms with Crippen molar-refractivity contribution in [1.29, 1.82) is 0 Å². The van der Waals surface area contributed by atoms with Gasteiger partial charge in [-0.25, -0.2) is 0 Å². The van der Waals surface area contributed by atoms with Crippen LogP contribution in [-0.2, 0) is 0 Å². The fourth-order valence-corrected chi connectivity index (χ4v) is 2.58. The summed E-state index contributed by atoms with van der Waals surface area (Å²) >= 11 is 0. The molecule has 3 nitrogen and oxygen atoms in total. The maximum absolute atomic E-state index is 12.5. The summed E-state index contributed by atoms with van der Waals surface area (Å²) in [6, 6.07) is 7.74. The number of para-hydroxylation sites is 1. The molecule has 2 heterocycles. The number of H-pyrrole nitrogens is 1. The van der Waals surface area contributed by atoms with E-state index < -0.39 is 0 Å². The molecule has 0 saturated carbocycles. The third-order valence-corrected chi connectivity index (χ3v) is 3.52. The van der Waals surface area contributed by atoms with Gasteiger partial charge in [-0.2, -0.15) is 0 Å². The molecule has 1 aromatic heterocycles. The zero-order valence-corrected chi connectivity index (χ0v) is 9.65. The summed E-state index contributed by atoms with van der Waals surface area (Å²) in [6.45, 7) is 0.863. The quantitative estimate of drug-likeness (QED) is 0.803. The van der Waals surface area contributed by atoms with Crippen molar-refractivity contribution >= 4 is 16.7 Å². The molecule has 0 amide bonds. The van der Waals surface area contributed by atoms with E-state index >= 15 is 0 Å². The molecule has 1 fully saturated rings. The molecular weight excluding hydrogens is 212 g/mol. The van der Waals surface area contributed by atoms with Crippen LogP contribution < -0.4 is 0 Å². The molecule has 0 radical (unpaired) electrons. The number of aromatic amines is 1. The number of carbonyl (C=O) groups is 1. The minimum absolute atomic E-state index is 0.110. The number of likely N-dealkylation sites (tertiary alicyclic amines) is 1. The van der Waals surface area contributed by atoms with Gasteiger partial charge < -0.3 is 4.98 Å². The molecule has 17 heavy (non-hydrogen) atoms. The Morgan fingerprint density at radius 2 is 2.41 bits per heavy atom. The Balaban J connectivity index is 1.97. The molecule has 2 aromatic rings. The lowest BCUT2D eigenvalue weighted by Crippen LogP contribution is -2.32. The predicted molar refractivity (Wildman–Crippen MR) is 68.3 cm³/mol. The van der Waals surface area contributed by atoms with E-state index in [1.807, 2.05) is 29.2 Å². The van der Waals surface area contributed by atoms with Crippen LogP contribution in [0.3, 0.4) is 0 Å². The normalized spacial score (nSPS) is 21.9. The summed E-state index contributed by atoms with van der Waals surface area (Å²) in [6.07, 6.45) is 3.68. The van der Waals surface area contributed by atoms with Crippen LogP contribution in [0.5, 0.6) is 0 Å². The zero-order valence-electron chi connectivity index (χ0n) is 10.6. The summed E-state index contributed by atoms with van der Waals surface area (Å²) in [5.41, 5.74) is 1.76. The minimum atomic E-state index is -0.110. The van der Waals surface area contributed by atoms with Crippen molar-refractivity contribution in [3.05, 3.63) is 36.0 Å². The Labute approximate surface area is 102 Å². The molecule has 1 N–H and O–H groups in total. The molecule has 0 unspecified atom stereocenters. The lowest BCUT2D eigenvalue weighted by molar-refractivity contribution is 0.0892. The molecular formula is C14H16N2O. The van der Waals surface area contributed by atoms with Gasteiger partial charge in [-0.15, -0.1) is 0 Å². The van der Waals surface area contributed by atoms with Gasteiger partial charge in [0.15, 0.2) is 5.78 Å². The first-order chi connectivity index (χ1) is 8.81. The fraction of sp³-hybridized carbons (Fsp3) is 0.357. The number of hydrogen-bond donors (Lipinski definition) is 1. The Bertz CT molecular complexity index is 578. The summed E-state index contributed by atoms with van der Waals surface area (Å²) in [5.74, 6) is 0.150. The SMILES string of the molecule is [2H]CN1CCC[C@H]1C(=O)c1c[nH]c2ccccc12. The maximum atomic E-state index is 12.5. The molecule has 3 rings (SSSR count).